The van der Waals surface area contributed by atoms with Gasteiger partial charge in [0.1, 0.15) is 0 Å². The molecule has 1 aromatic carbocycles. The second-order valence-corrected chi connectivity index (χ2v) is 5.86. The topological polar surface area (TPSA) is 29.9 Å². The molecular weight excluding hydrogens is 278 g/mol. The SMILES string of the molecule is CCNC(CSc1cccc(Cl)c1)c1cnn(C)c1. The van der Waals surface area contributed by atoms with Crippen LogP contribution in [0.2, 0.25) is 5.02 Å². The molecule has 1 N–H and O–H groups in total. The van der Waals surface area contributed by atoms with E-state index in [1.54, 1.807) is 11.8 Å². The minimum Gasteiger partial charge on any atom is -0.309 e. The Morgan fingerprint density at radius 1 is 1.47 bits per heavy atom. The second-order valence-electron chi connectivity index (χ2n) is 4.33. The lowest BCUT2D eigenvalue weighted by Crippen LogP contribution is -2.22. The molecule has 1 heterocycles. The number of rotatable bonds is 6. The van der Waals surface area contributed by atoms with Gasteiger partial charge in [-0.15, -0.1) is 11.8 Å². The minimum atomic E-state index is 0.308. The summed E-state index contributed by atoms with van der Waals surface area (Å²) in [6.07, 6.45) is 3.98. The molecule has 0 saturated heterocycles. The van der Waals surface area contributed by atoms with E-state index in [9.17, 15) is 0 Å². The van der Waals surface area contributed by atoms with E-state index in [1.807, 2.05) is 36.1 Å². The zero-order chi connectivity index (χ0) is 13.7. The van der Waals surface area contributed by atoms with Gasteiger partial charge in [0, 0.05) is 40.5 Å². The molecule has 1 aromatic heterocycles. The lowest BCUT2D eigenvalue weighted by molar-refractivity contribution is 0.605. The van der Waals surface area contributed by atoms with E-state index in [1.165, 1.54) is 10.5 Å². The van der Waals surface area contributed by atoms with Gasteiger partial charge >= 0.3 is 0 Å². The standard InChI is InChI=1S/C14H18ClN3S/c1-3-16-14(11-8-17-18(2)9-11)10-19-13-6-4-5-12(15)7-13/h4-9,14,16H,3,10H2,1-2H3. The Morgan fingerprint density at radius 3 is 2.95 bits per heavy atom. The highest BCUT2D eigenvalue weighted by Crippen LogP contribution is 2.26. The molecule has 0 aliphatic heterocycles. The molecule has 19 heavy (non-hydrogen) atoms. The molecule has 3 nitrogen and oxygen atoms in total. The summed E-state index contributed by atoms with van der Waals surface area (Å²) in [6, 6.07) is 8.27. The van der Waals surface area contributed by atoms with Crippen LogP contribution in [0.4, 0.5) is 0 Å². The van der Waals surface area contributed by atoms with Crippen LogP contribution >= 0.6 is 23.4 Å². The average Bonchev–Trinajstić information content (AvgIpc) is 2.81. The van der Waals surface area contributed by atoms with Crippen molar-refractivity contribution in [3.8, 4) is 0 Å². The Hall–Kier alpha value is -0.970. The van der Waals surface area contributed by atoms with Crippen molar-refractivity contribution in [3.05, 3.63) is 47.2 Å². The van der Waals surface area contributed by atoms with Gasteiger partial charge in [0.15, 0.2) is 0 Å². The highest BCUT2D eigenvalue weighted by atomic mass is 35.5. The van der Waals surface area contributed by atoms with Crippen molar-refractivity contribution in [1.29, 1.82) is 0 Å². The summed E-state index contributed by atoms with van der Waals surface area (Å²) in [5, 5.41) is 8.51. The normalized spacial score (nSPS) is 12.6. The fraction of sp³-hybridized carbons (Fsp3) is 0.357. The molecule has 0 radical (unpaired) electrons. The third-order valence-electron chi connectivity index (χ3n) is 2.79. The number of nitrogens with zero attached hydrogens (tertiary/aromatic N) is 2. The monoisotopic (exact) mass is 295 g/mol. The molecule has 0 fully saturated rings. The number of nitrogens with one attached hydrogen (secondary N) is 1. The van der Waals surface area contributed by atoms with E-state index in [0.29, 0.717) is 6.04 Å². The summed E-state index contributed by atoms with van der Waals surface area (Å²) < 4.78 is 1.84. The maximum atomic E-state index is 6.00. The Balaban J connectivity index is 2.01. The van der Waals surface area contributed by atoms with E-state index in [0.717, 1.165) is 17.3 Å². The number of hydrogen-bond acceptors (Lipinski definition) is 3. The summed E-state index contributed by atoms with van der Waals surface area (Å²) in [6.45, 7) is 3.06. The van der Waals surface area contributed by atoms with Crippen molar-refractivity contribution in [2.24, 2.45) is 7.05 Å². The third-order valence-corrected chi connectivity index (χ3v) is 4.11. The highest BCUT2D eigenvalue weighted by Gasteiger charge is 2.12. The maximum Gasteiger partial charge on any atom is 0.0537 e. The summed E-state index contributed by atoms with van der Waals surface area (Å²) >= 11 is 7.80. The van der Waals surface area contributed by atoms with Crippen molar-refractivity contribution in [2.45, 2.75) is 17.9 Å². The lowest BCUT2D eigenvalue weighted by Gasteiger charge is -2.15. The van der Waals surface area contributed by atoms with Gasteiger partial charge < -0.3 is 5.32 Å². The van der Waals surface area contributed by atoms with E-state index in [4.69, 9.17) is 11.6 Å². The summed E-state index contributed by atoms with van der Waals surface area (Å²) in [5.74, 6) is 0.958. The zero-order valence-corrected chi connectivity index (χ0v) is 12.7. The summed E-state index contributed by atoms with van der Waals surface area (Å²) in [4.78, 5) is 1.19. The lowest BCUT2D eigenvalue weighted by atomic mass is 10.2. The first kappa shape index (κ1) is 14.4. The van der Waals surface area contributed by atoms with Gasteiger partial charge in [-0.3, -0.25) is 4.68 Å². The Kier molecular flexibility index (Phi) is 5.31. The predicted octanol–water partition coefficient (Wildman–Crippen LogP) is 3.52. The molecule has 0 amide bonds. The zero-order valence-electron chi connectivity index (χ0n) is 11.1. The molecule has 0 bridgehead atoms. The van der Waals surface area contributed by atoms with Crippen LogP contribution in [-0.4, -0.2) is 22.1 Å². The number of thioether (sulfide) groups is 1. The molecule has 1 atom stereocenters. The van der Waals surface area contributed by atoms with Gasteiger partial charge in [-0.1, -0.05) is 24.6 Å². The smallest absolute Gasteiger partial charge is 0.0537 e. The van der Waals surface area contributed by atoms with Crippen LogP contribution in [0.15, 0.2) is 41.6 Å². The Labute approximate surface area is 123 Å². The average molecular weight is 296 g/mol. The van der Waals surface area contributed by atoms with Gasteiger partial charge in [-0.05, 0) is 24.7 Å². The number of hydrogen-bond donors (Lipinski definition) is 1. The molecule has 0 spiro atoms. The Bertz CT molecular complexity index is 527. The van der Waals surface area contributed by atoms with Gasteiger partial charge in [0.25, 0.3) is 0 Å². The molecule has 0 aliphatic carbocycles. The largest absolute Gasteiger partial charge is 0.309 e. The van der Waals surface area contributed by atoms with Crippen LogP contribution < -0.4 is 5.32 Å². The van der Waals surface area contributed by atoms with Crippen LogP contribution in [0.25, 0.3) is 0 Å². The van der Waals surface area contributed by atoms with Crippen LogP contribution in [0.3, 0.4) is 0 Å². The number of benzene rings is 1. The Morgan fingerprint density at radius 2 is 2.32 bits per heavy atom. The molecule has 0 saturated carbocycles. The van der Waals surface area contributed by atoms with Crippen LogP contribution in [0.5, 0.6) is 0 Å². The highest BCUT2D eigenvalue weighted by molar-refractivity contribution is 7.99. The summed E-state index contributed by atoms with van der Waals surface area (Å²) in [5.41, 5.74) is 1.22. The number of aromatic nitrogens is 2. The predicted molar refractivity (Wildman–Crippen MR) is 81.8 cm³/mol. The van der Waals surface area contributed by atoms with Gasteiger partial charge in [0.2, 0.25) is 0 Å². The van der Waals surface area contributed by atoms with Gasteiger partial charge in [0.05, 0.1) is 6.20 Å². The minimum absolute atomic E-state index is 0.308. The van der Waals surface area contributed by atoms with Crippen molar-refractivity contribution in [3.63, 3.8) is 0 Å². The van der Waals surface area contributed by atoms with Crippen LogP contribution in [-0.2, 0) is 7.05 Å². The molecule has 0 aliphatic rings. The van der Waals surface area contributed by atoms with E-state index in [2.05, 4.69) is 29.6 Å². The van der Waals surface area contributed by atoms with E-state index < -0.39 is 0 Å². The number of aryl methyl sites for hydroxylation is 1. The van der Waals surface area contributed by atoms with Gasteiger partial charge in [-0.25, -0.2) is 0 Å². The summed E-state index contributed by atoms with van der Waals surface area (Å²) in [7, 11) is 1.94. The quantitative estimate of drug-likeness (QED) is 0.827. The van der Waals surface area contributed by atoms with E-state index in [-0.39, 0.29) is 0 Å². The molecule has 102 valence electrons. The molecule has 2 rings (SSSR count). The van der Waals surface area contributed by atoms with E-state index >= 15 is 0 Å². The van der Waals surface area contributed by atoms with Crippen molar-refractivity contribution >= 4 is 23.4 Å². The molecular formula is C14H18ClN3S. The van der Waals surface area contributed by atoms with Crippen molar-refractivity contribution < 1.29 is 0 Å². The molecule has 5 heteroatoms. The molecule has 1 unspecified atom stereocenters. The first-order valence-corrected chi connectivity index (χ1v) is 7.65. The van der Waals surface area contributed by atoms with Crippen LogP contribution in [0, 0.1) is 0 Å². The number of halogens is 1. The second kappa shape index (κ2) is 6.98. The first-order valence-electron chi connectivity index (χ1n) is 6.29. The van der Waals surface area contributed by atoms with Crippen molar-refractivity contribution in [1.82, 2.24) is 15.1 Å². The first-order chi connectivity index (χ1) is 9.19. The maximum absolute atomic E-state index is 6.00. The fourth-order valence-corrected chi connectivity index (χ4v) is 3.19. The molecule has 2 aromatic rings. The third kappa shape index (κ3) is 4.27. The van der Waals surface area contributed by atoms with Crippen molar-refractivity contribution in [2.75, 3.05) is 12.3 Å². The van der Waals surface area contributed by atoms with Crippen LogP contribution in [0.1, 0.15) is 18.5 Å². The van der Waals surface area contributed by atoms with Gasteiger partial charge in [-0.2, -0.15) is 5.10 Å². The fourth-order valence-electron chi connectivity index (χ4n) is 1.88.